The fourth-order valence-corrected chi connectivity index (χ4v) is 10.1. The van der Waals surface area contributed by atoms with E-state index in [9.17, 15) is 25.5 Å². The van der Waals surface area contributed by atoms with E-state index in [1.165, 1.54) is 0 Å². The number of ether oxygens (including phenoxy) is 1. The lowest BCUT2D eigenvalue weighted by molar-refractivity contribution is -0.364. The molecule has 5 N–H and O–H groups in total. The number of methoxy groups -OCH3 is 1. The van der Waals surface area contributed by atoms with Crippen molar-refractivity contribution in [3.05, 3.63) is 0 Å². The number of likely N-dealkylation sites (N-methyl/N-ethyl adjacent to an activating group) is 1. The molecular formula is C22H35NO6. The zero-order valence-electron chi connectivity index (χ0n) is 17.6. The molecule has 0 unspecified atom stereocenters. The van der Waals surface area contributed by atoms with Crippen LogP contribution in [0.3, 0.4) is 0 Å². The highest BCUT2D eigenvalue weighted by molar-refractivity contribution is 5.42. The van der Waals surface area contributed by atoms with Crippen molar-refractivity contribution in [3.63, 3.8) is 0 Å². The van der Waals surface area contributed by atoms with Crippen molar-refractivity contribution in [2.75, 3.05) is 20.2 Å². The fourth-order valence-electron chi connectivity index (χ4n) is 10.1. The first-order valence-electron chi connectivity index (χ1n) is 11.4. The third-order valence-corrected chi connectivity index (χ3v) is 10.9. The largest absolute Gasteiger partial charge is 0.392 e. The van der Waals surface area contributed by atoms with E-state index in [1.54, 1.807) is 7.11 Å². The summed E-state index contributed by atoms with van der Waals surface area (Å²) in [5.74, 6) is -0.766. The Morgan fingerprint density at radius 1 is 1.10 bits per heavy atom. The summed E-state index contributed by atoms with van der Waals surface area (Å²) in [6.45, 7) is 5.86. The summed E-state index contributed by atoms with van der Waals surface area (Å²) >= 11 is 0. The number of nitrogens with zero attached hydrogens (tertiary/aromatic N) is 1. The quantitative estimate of drug-likeness (QED) is 0.417. The molecule has 29 heavy (non-hydrogen) atoms. The summed E-state index contributed by atoms with van der Waals surface area (Å²) in [6, 6.07) is -0.426. The highest BCUT2D eigenvalue weighted by Crippen LogP contribution is 2.80. The first kappa shape index (κ1) is 19.4. The summed E-state index contributed by atoms with van der Waals surface area (Å²) in [7, 11) is 1.57. The van der Waals surface area contributed by atoms with Crippen molar-refractivity contribution >= 4 is 0 Å². The Balaban J connectivity index is 1.67. The summed E-state index contributed by atoms with van der Waals surface area (Å²) in [5.41, 5.74) is -6.12. The number of fused-ring (bicyclic) bond motifs is 2. The van der Waals surface area contributed by atoms with Gasteiger partial charge in [-0.15, -0.1) is 0 Å². The summed E-state index contributed by atoms with van der Waals surface area (Å²) in [4.78, 5) is 2.25. The normalized spacial score (nSPS) is 67.7. The smallest absolute Gasteiger partial charge is 0.129 e. The van der Waals surface area contributed by atoms with Gasteiger partial charge in [-0.25, -0.2) is 0 Å². The minimum atomic E-state index is -1.87. The van der Waals surface area contributed by atoms with Gasteiger partial charge in [-0.3, -0.25) is 4.90 Å². The molecule has 1 heterocycles. The number of aliphatic hydroxyl groups is 5. The molecule has 0 amide bonds. The Labute approximate surface area is 171 Å². The molecule has 0 radical (unpaired) electrons. The molecule has 164 valence electrons. The molecule has 0 aromatic rings. The Morgan fingerprint density at radius 2 is 1.83 bits per heavy atom. The third-order valence-electron chi connectivity index (χ3n) is 10.9. The van der Waals surface area contributed by atoms with Crippen LogP contribution in [-0.2, 0) is 4.74 Å². The molecule has 0 aromatic heterocycles. The molecule has 1 aliphatic heterocycles. The topological polar surface area (TPSA) is 114 Å². The molecule has 6 aliphatic rings. The molecule has 0 aromatic carbocycles. The lowest BCUT2D eigenvalue weighted by Crippen LogP contribution is -2.87. The number of hydrogen-bond donors (Lipinski definition) is 5. The van der Waals surface area contributed by atoms with Gasteiger partial charge in [0.1, 0.15) is 16.8 Å². The van der Waals surface area contributed by atoms with Crippen LogP contribution >= 0.6 is 0 Å². The van der Waals surface area contributed by atoms with E-state index in [0.29, 0.717) is 25.8 Å². The number of rotatable bonds is 2. The molecule has 7 nitrogen and oxygen atoms in total. The van der Waals surface area contributed by atoms with Gasteiger partial charge in [-0.05, 0) is 43.6 Å². The maximum absolute atomic E-state index is 12.3. The van der Waals surface area contributed by atoms with Crippen LogP contribution in [0.2, 0.25) is 0 Å². The predicted molar refractivity (Wildman–Crippen MR) is 103 cm³/mol. The van der Waals surface area contributed by atoms with E-state index in [2.05, 4.69) is 18.7 Å². The Bertz CT molecular complexity index is 766. The van der Waals surface area contributed by atoms with Gasteiger partial charge in [-0.1, -0.05) is 13.8 Å². The molecule has 1 spiro atoms. The van der Waals surface area contributed by atoms with E-state index in [0.717, 1.165) is 13.0 Å². The van der Waals surface area contributed by atoms with Crippen molar-refractivity contribution in [1.82, 2.24) is 4.90 Å². The first-order valence-corrected chi connectivity index (χ1v) is 11.4. The summed E-state index contributed by atoms with van der Waals surface area (Å²) < 4.78 is 5.66. The van der Waals surface area contributed by atoms with Crippen LogP contribution < -0.4 is 0 Å². The fraction of sp³-hybridized carbons (Fsp3) is 1.00. The minimum absolute atomic E-state index is 0.00662. The highest BCUT2D eigenvalue weighted by Gasteiger charge is 2.91. The van der Waals surface area contributed by atoms with Crippen molar-refractivity contribution in [2.45, 2.75) is 87.1 Å². The number of hydrogen-bond acceptors (Lipinski definition) is 7. The molecule has 7 bridgehead atoms. The zero-order chi connectivity index (χ0) is 20.8. The second-order valence-corrected chi connectivity index (χ2v) is 11.4. The van der Waals surface area contributed by atoms with Gasteiger partial charge >= 0.3 is 0 Å². The maximum atomic E-state index is 12.3. The minimum Gasteiger partial charge on any atom is -0.392 e. The molecular weight excluding hydrogens is 374 g/mol. The number of piperidine rings is 1. The second kappa shape index (κ2) is 5.20. The highest BCUT2D eigenvalue weighted by atomic mass is 16.5. The Hall–Kier alpha value is -0.280. The van der Waals surface area contributed by atoms with E-state index in [-0.39, 0.29) is 23.7 Å². The van der Waals surface area contributed by atoms with Gasteiger partial charge in [0.2, 0.25) is 0 Å². The van der Waals surface area contributed by atoms with Gasteiger partial charge in [-0.2, -0.15) is 0 Å². The van der Waals surface area contributed by atoms with Crippen LogP contribution in [0.5, 0.6) is 0 Å². The first-order chi connectivity index (χ1) is 13.6. The molecule has 12 atom stereocenters. The molecule has 1 saturated heterocycles. The molecule has 7 heteroatoms. The van der Waals surface area contributed by atoms with Gasteiger partial charge in [0.25, 0.3) is 0 Å². The standard InChI is InChI=1S/C22H35NO6/c1-4-23-10-18(2)6-5-15(24)21-13-7-11-12(29-3)8-20(27,22(13,28)16(11)25)19(26,17(21)23)9-14(18)21/h11-17,24-28H,4-10H2,1-3H3/t11-,12-,13-,14+,15-,16-,17+,18-,19-,20-,21+,22-/m0/s1. The van der Waals surface area contributed by atoms with Gasteiger partial charge in [0.05, 0.1) is 24.4 Å². The number of likely N-dealkylation sites (tertiary alicyclic amines) is 1. The van der Waals surface area contributed by atoms with E-state index in [1.807, 2.05) is 0 Å². The molecule has 6 rings (SSSR count). The lowest BCUT2D eigenvalue weighted by atomic mass is 9.41. The van der Waals surface area contributed by atoms with E-state index < -0.39 is 52.5 Å². The van der Waals surface area contributed by atoms with Crippen molar-refractivity contribution in [3.8, 4) is 0 Å². The molecule has 5 saturated carbocycles. The van der Waals surface area contributed by atoms with E-state index in [4.69, 9.17) is 4.74 Å². The number of aliphatic hydroxyl groups excluding tert-OH is 2. The van der Waals surface area contributed by atoms with Crippen LogP contribution in [0.4, 0.5) is 0 Å². The third kappa shape index (κ3) is 1.61. The average molecular weight is 410 g/mol. The van der Waals surface area contributed by atoms with Crippen LogP contribution in [0.25, 0.3) is 0 Å². The average Bonchev–Trinajstić information content (AvgIpc) is 3.04. The Morgan fingerprint density at radius 3 is 2.48 bits per heavy atom. The van der Waals surface area contributed by atoms with Gasteiger partial charge < -0.3 is 30.3 Å². The summed E-state index contributed by atoms with van der Waals surface area (Å²) in [6.07, 6.45) is 0.207. The van der Waals surface area contributed by atoms with Crippen molar-refractivity contribution in [2.24, 2.45) is 28.6 Å². The van der Waals surface area contributed by atoms with Crippen LogP contribution in [0.1, 0.15) is 46.0 Å². The van der Waals surface area contributed by atoms with Gasteiger partial charge in [0, 0.05) is 37.3 Å². The van der Waals surface area contributed by atoms with Gasteiger partial charge in [0.15, 0.2) is 0 Å². The maximum Gasteiger partial charge on any atom is 0.129 e. The predicted octanol–water partition coefficient (Wildman–Crippen LogP) is -0.520. The van der Waals surface area contributed by atoms with Crippen LogP contribution in [0, 0.1) is 28.6 Å². The molecule has 5 aliphatic carbocycles. The van der Waals surface area contributed by atoms with Crippen LogP contribution in [-0.4, -0.2) is 91.8 Å². The zero-order valence-corrected chi connectivity index (χ0v) is 17.6. The SMILES string of the molecule is CCN1C[C@]2(C)CC[C@H](O)[C@@]34[C@@H]2C[C@](O)([C@@H]13)[C@@]1(O)C[C@H](OC)[C@@H]2C[C@@H]4[C@]1(O)[C@H]2O. The second-order valence-electron chi connectivity index (χ2n) is 11.4. The van der Waals surface area contributed by atoms with Crippen molar-refractivity contribution in [1.29, 1.82) is 0 Å². The van der Waals surface area contributed by atoms with Crippen LogP contribution in [0.15, 0.2) is 0 Å². The molecule has 6 fully saturated rings. The van der Waals surface area contributed by atoms with E-state index >= 15 is 0 Å². The monoisotopic (exact) mass is 409 g/mol. The van der Waals surface area contributed by atoms with Crippen molar-refractivity contribution < 1.29 is 30.3 Å². The lowest BCUT2D eigenvalue weighted by Gasteiger charge is -2.71. The Kier molecular flexibility index (Phi) is 3.48. The summed E-state index contributed by atoms with van der Waals surface area (Å²) in [5, 5.41) is 59.4.